The summed E-state index contributed by atoms with van der Waals surface area (Å²) in [5.74, 6) is 0.180. The molecule has 108 valence electrons. The van der Waals surface area contributed by atoms with Crippen LogP contribution in [0.25, 0.3) is 0 Å². The second kappa shape index (κ2) is 6.00. The SMILES string of the molecule is CN1C(=O)C(Nc2ccccc2)C[C@@H]1Cc1ccccc1. The number of amides is 1. The standard InChI is InChI=1S/C18H20N2O/c1-20-16(12-14-8-4-2-5-9-14)13-17(18(20)21)19-15-10-6-3-7-11-15/h2-11,16-17,19H,12-13H2,1H3/t16-,17?/m0/s1. The minimum atomic E-state index is -0.119. The lowest BCUT2D eigenvalue weighted by atomic mass is 10.0. The van der Waals surface area contributed by atoms with Gasteiger partial charge in [-0.05, 0) is 30.5 Å². The van der Waals surface area contributed by atoms with E-state index in [1.54, 1.807) is 0 Å². The molecular weight excluding hydrogens is 260 g/mol. The molecule has 3 heteroatoms. The second-order valence-electron chi connectivity index (χ2n) is 5.59. The van der Waals surface area contributed by atoms with Crippen molar-refractivity contribution in [3.05, 3.63) is 66.2 Å². The zero-order valence-corrected chi connectivity index (χ0v) is 12.2. The average molecular weight is 280 g/mol. The predicted molar refractivity (Wildman–Crippen MR) is 85.2 cm³/mol. The number of para-hydroxylation sites is 1. The summed E-state index contributed by atoms with van der Waals surface area (Å²) in [4.78, 5) is 14.3. The Bertz CT molecular complexity index is 597. The zero-order valence-electron chi connectivity index (χ0n) is 12.2. The van der Waals surface area contributed by atoms with Gasteiger partial charge < -0.3 is 10.2 Å². The number of rotatable bonds is 4. The molecule has 0 saturated carbocycles. The molecule has 21 heavy (non-hydrogen) atoms. The number of hydrogen-bond acceptors (Lipinski definition) is 2. The first kappa shape index (κ1) is 13.7. The maximum Gasteiger partial charge on any atom is 0.245 e. The van der Waals surface area contributed by atoms with Gasteiger partial charge >= 0.3 is 0 Å². The smallest absolute Gasteiger partial charge is 0.245 e. The van der Waals surface area contributed by atoms with Crippen molar-refractivity contribution in [1.82, 2.24) is 4.90 Å². The molecule has 1 heterocycles. The van der Waals surface area contributed by atoms with Crippen molar-refractivity contribution in [3.8, 4) is 0 Å². The van der Waals surface area contributed by atoms with Crippen LogP contribution in [0.2, 0.25) is 0 Å². The number of hydrogen-bond donors (Lipinski definition) is 1. The molecule has 2 atom stereocenters. The molecule has 3 nitrogen and oxygen atoms in total. The molecule has 1 amide bonds. The minimum absolute atomic E-state index is 0.119. The molecule has 1 saturated heterocycles. The Balaban J connectivity index is 1.67. The van der Waals surface area contributed by atoms with Crippen LogP contribution in [0.5, 0.6) is 0 Å². The van der Waals surface area contributed by atoms with E-state index in [-0.39, 0.29) is 18.0 Å². The van der Waals surface area contributed by atoms with Gasteiger partial charge in [0.1, 0.15) is 6.04 Å². The lowest BCUT2D eigenvalue weighted by Gasteiger charge is -2.19. The Hall–Kier alpha value is -2.29. The van der Waals surface area contributed by atoms with E-state index in [0.717, 1.165) is 18.5 Å². The Kier molecular flexibility index (Phi) is 3.91. The zero-order chi connectivity index (χ0) is 14.7. The fourth-order valence-electron chi connectivity index (χ4n) is 2.92. The van der Waals surface area contributed by atoms with Gasteiger partial charge in [0.2, 0.25) is 5.91 Å². The third kappa shape index (κ3) is 3.07. The number of nitrogens with zero attached hydrogens (tertiary/aromatic N) is 1. The van der Waals surface area contributed by atoms with E-state index in [1.807, 2.05) is 60.5 Å². The third-order valence-corrected chi connectivity index (χ3v) is 4.13. The first-order valence-electron chi connectivity index (χ1n) is 7.36. The van der Waals surface area contributed by atoms with Gasteiger partial charge in [-0.25, -0.2) is 0 Å². The normalized spacial score (nSPS) is 21.6. The van der Waals surface area contributed by atoms with Crippen molar-refractivity contribution < 1.29 is 4.79 Å². The van der Waals surface area contributed by atoms with Crippen LogP contribution in [0.1, 0.15) is 12.0 Å². The van der Waals surface area contributed by atoms with Crippen LogP contribution in [0.4, 0.5) is 5.69 Å². The third-order valence-electron chi connectivity index (χ3n) is 4.13. The second-order valence-corrected chi connectivity index (χ2v) is 5.59. The number of carbonyl (C=O) groups is 1. The monoisotopic (exact) mass is 280 g/mol. The van der Waals surface area contributed by atoms with E-state index in [0.29, 0.717) is 0 Å². The molecule has 0 radical (unpaired) electrons. The fourth-order valence-corrected chi connectivity index (χ4v) is 2.92. The largest absolute Gasteiger partial charge is 0.374 e. The highest BCUT2D eigenvalue weighted by Gasteiger charge is 2.36. The molecule has 2 aromatic carbocycles. The summed E-state index contributed by atoms with van der Waals surface area (Å²) < 4.78 is 0. The van der Waals surface area contributed by atoms with Gasteiger partial charge in [-0.3, -0.25) is 4.79 Å². The first-order chi connectivity index (χ1) is 10.2. The van der Waals surface area contributed by atoms with Gasteiger partial charge in [0.05, 0.1) is 0 Å². The van der Waals surface area contributed by atoms with Crippen LogP contribution in [-0.4, -0.2) is 29.9 Å². The van der Waals surface area contributed by atoms with E-state index in [2.05, 4.69) is 17.4 Å². The number of anilines is 1. The molecule has 1 unspecified atom stereocenters. The molecular formula is C18H20N2O. The Morgan fingerprint density at radius 1 is 1.05 bits per heavy atom. The van der Waals surface area contributed by atoms with Crippen LogP contribution < -0.4 is 5.32 Å². The molecule has 0 aromatic heterocycles. The van der Waals surface area contributed by atoms with E-state index in [9.17, 15) is 4.79 Å². The van der Waals surface area contributed by atoms with Gasteiger partial charge in [-0.1, -0.05) is 48.5 Å². The first-order valence-corrected chi connectivity index (χ1v) is 7.36. The molecule has 1 aliphatic heterocycles. The van der Waals surface area contributed by atoms with Crippen molar-refractivity contribution in [3.63, 3.8) is 0 Å². The molecule has 3 rings (SSSR count). The molecule has 1 fully saturated rings. The van der Waals surface area contributed by atoms with Gasteiger partial charge in [-0.2, -0.15) is 0 Å². The Morgan fingerprint density at radius 2 is 1.67 bits per heavy atom. The van der Waals surface area contributed by atoms with Gasteiger partial charge in [0.25, 0.3) is 0 Å². The Labute approximate surface area is 125 Å². The van der Waals surface area contributed by atoms with Crippen molar-refractivity contribution in [2.45, 2.75) is 24.9 Å². The van der Waals surface area contributed by atoms with E-state index in [1.165, 1.54) is 5.56 Å². The summed E-state index contributed by atoms with van der Waals surface area (Å²) in [7, 11) is 1.91. The number of carbonyl (C=O) groups excluding carboxylic acids is 1. The number of benzene rings is 2. The summed E-state index contributed by atoms with van der Waals surface area (Å²) in [6.45, 7) is 0. The number of likely N-dealkylation sites (N-methyl/N-ethyl adjacent to an activating group) is 1. The summed E-state index contributed by atoms with van der Waals surface area (Å²) in [6.07, 6.45) is 1.76. The van der Waals surface area contributed by atoms with Gasteiger partial charge in [-0.15, -0.1) is 0 Å². The molecule has 0 spiro atoms. The van der Waals surface area contributed by atoms with Crippen molar-refractivity contribution >= 4 is 11.6 Å². The highest BCUT2D eigenvalue weighted by atomic mass is 16.2. The minimum Gasteiger partial charge on any atom is -0.374 e. The molecule has 0 bridgehead atoms. The van der Waals surface area contributed by atoms with Gasteiger partial charge in [0, 0.05) is 18.8 Å². The summed E-state index contributed by atoms with van der Waals surface area (Å²) >= 11 is 0. The van der Waals surface area contributed by atoms with Crippen molar-refractivity contribution in [2.75, 3.05) is 12.4 Å². The molecule has 2 aromatic rings. The maximum absolute atomic E-state index is 12.4. The lowest BCUT2D eigenvalue weighted by molar-refractivity contribution is -0.128. The van der Waals surface area contributed by atoms with Crippen LogP contribution in [0.15, 0.2) is 60.7 Å². The quantitative estimate of drug-likeness (QED) is 0.934. The number of nitrogens with one attached hydrogen (secondary N) is 1. The average Bonchev–Trinajstić information content (AvgIpc) is 2.78. The molecule has 1 aliphatic rings. The van der Waals surface area contributed by atoms with E-state index in [4.69, 9.17) is 0 Å². The highest BCUT2D eigenvalue weighted by molar-refractivity contribution is 5.87. The predicted octanol–water partition coefficient (Wildman–Crippen LogP) is 2.94. The molecule has 0 aliphatic carbocycles. The maximum atomic E-state index is 12.4. The Morgan fingerprint density at radius 3 is 2.33 bits per heavy atom. The highest BCUT2D eigenvalue weighted by Crippen LogP contribution is 2.24. The van der Waals surface area contributed by atoms with Crippen LogP contribution in [0, 0.1) is 0 Å². The van der Waals surface area contributed by atoms with Gasteiger partial charge in [0.15, 0.2) is 0 Å². The van der Waals surface area contributed by atoms with Crippen LogP contribution >= 0.6 is 0 Å². The molecule has 1 N–H and O–H groups in total. The van der Waals surface area contributed by atoms with Crippen LogP contribution in [-0.2, 0) is 11.2 Å². The number of likely N-dealkylation sites (tertiary alicyclic amines) is 1. The summed E-state index contributed by atoms with van der Waals surface area (Å²) in [5.41, 5.74) is 2.28. The summed E-state index contributed by atoms with van der Waals surface area (Å²) in [6, 6.07) is 20.4. The van der Waals surface area contributed by atoms with Crippen LogP contribution in [0.3, 0.4) is 0 Å². The van der Waals surface area contributed by atoms with E-state index >= 15 is 0 Å². The van der Waals surface area contributed by atoms with Crippen molar-refractivity contribution in [2.24, 2.45) is 0 Å². The van der Waals surface area contributed by atoms with Crippen molar-refractivity contribution in [1.29, 1.82) is 0 Å². The van der Waals surface area contributed by atoms with E-state index < -0.39 is 0 Å². The summed E-state index contributed by atoms with van der Waals surface area (Å²) in [5, 5.41) is 3.35. The lowest BCUT2D eigenvalue weighted by Crippen LogP contribution is -2.33. The topological polar surface area (TPSA) is 32.3 Å². The fraction of sp³-hybridized carbons (Fsp3) is 0.278.